The third-order valence-electron chi connectivity index (χ3n) is 5.31. The normalized spacial score (nSPS) is 11.2. The largest absolute Gasteiger partial charge is 0.496 e. The van der Waals surface area contributed by atoms with E-state index in [0.29, 0.717) is 0 Å². The molecule has 0 heterocycles. The van der Waals surface area contributed by atoms with Crippen LogP contribution in [0.5, 0.6) is 11.5 Å². The van der Waals surface area contributed by atoms with Gasteiger partial charge in [0, 0.05) is 50.7 Å². The molecule has 0 spiro atoms. The number of benzene rings is 3. The third kappa shape index (κ3) is 5.73. The molecule has 3 aromatic rings. The number of hydrogen-bond acceptors (Lipinski definition) is 4. The molecular formula is C28H32N2O2. The van der Waals surface area contributed by atoms with E-state index in [1.54, 1.807) is 14.2 Å². The van der Waals surface area contributed by atoms with Crippen molar-refractivity contribution < 1.29 is 9.47 Å². The second kappa shape index (κ2) is 10.6. The Balaban J connectivity index is 1.85. The third-order valence-corrected chi connectivity index (χ3v) is 5.31. The van der Waals surface area contributed by atoms with Crippen LogP contribution in [0.4, 0.5) is 11.4 Å². The standard InChI is InChI=1S/C28H32N2O2/c1-29(2)25-15-9-21(10-16-25)7-13-23-19-28(32-6)24(20-27(23)31-5)14-8-22-11-17-26(18-12-22)30(3)4/h7-20H,1-6H3/b13-7+,14-8+. The first-order valence-corrected chi connectivity index (χ1v) is 10.6. The Kier molecular flexibility index (Phi) is 7.61. The molecule has 0 saturated carbocycles. The van der Waals surface area contributed by atoms with Gasteiger partial charge in [-0.25, -0.2) is 0 Å². The average molecular weight is 429 g/mol. The maximum Gasteiger partial charge on any atom is 0.126 e. The van der Waals surface area contributed by atoms with Gasteiger partial charge in [0.1, 0.15) is 11.5 Å². The molecular weight excluding hydrogens is 396 g/mol. The van der Waals surface area contributed by atoms with Crippen molar-refractivity contribution in [1.29, 1.82) is 0 Å². The van der Waals surface area contributed by atoms with Gasteiger partial charge in [0.2, 0.25) is 0 Å². The Morgan fingerprint density at radius 1 is 0.531 bits per heavy atom. The highest BCUT2D eigenvalue weighted by Crippen LogP contribution is 2.32. The monoisotopic (exact) mass is 428 g/mol. The Bertz CT molecular complexity index is 990. The predicted octanol–water partition coefficient (Wildman–Crippen LogP) is 6.18. The Morgan fingerprint density at radius 3 is 1.16 bits per heavy atom. The lowest BCUT2D eigenvalue weighted by molar-refractivity contribution is 0.401. The molecule has 0 aliphatic carbocycles. The van der Waals surface area contributed by atoms with Crippen molar-refractivity contribution in [3.63, 3.8) is 0 Å². The van der Waals surface area contributed by atoms with E-state index in [-0.39, 0.29) is 0 Å². The van der Waals surface area contributed by atoms with Crippen molar-refractivity contribution in [2.45, 2.75) is 0 Å². The Hall–Kier alpha value is -3.66. The van der Waals surface area contributed by atoms with Gasteiger partial charge < -0.3 is 19.3 Å². The van der Waals surface area contributed by atoms with Crippen LogP contribution in [0.2, 0.25) is 0 Å². The molecule has 0 N–H and O–H groups in total. The smallest absolute Gasteiger partial charge is 0.126 e. The zero-order chi connectivity index (χ0) is 23.1. The summed E-state index contributed by atoms with van der Waals surface area (Å²) >= 11 is 0. The zero-order valence-corrected chi connectivity index (χ0v) is 19.8. The molecule has 0 unspecified atom stereocenters. The minimum atomic E-state index is 0.801. The van der Waals surface area contributed by atoms with Gasteiger partial charge in [0.25, 0.3) is 0 Å². The molecule has 32 heavy (non-hydrogen) atoms. The van der Waals surface area contributed by atoms with Crippen molar-refractivity contribution in [2.24, 2.45) is 0 Å². The van der Waals surface area contributed by atoms with Crippen molar-refractivity contribution >= 4 is 35.7 Å². The highest BCUT2D eigenvalue weighted by Gasteiger charge is 2.08. The van der Waals surface area contributed by atoms with E-state index in [9.17, 15) is 0 Å². The molecule has 0 atom stereocenters. The fourth-order valence-corrected chi connectivity index (χ4v) is 3.34. The highest BCUT2D eigenvalue weighted by atomic mass is 16.5. The van der Waals surface area contributed by atoms with E-state index in [1.807, 2.05) is 40.3 Å². The van der Waals surface area contributed by atoms with Crippen molar-refractivity contribution in [2.75, 3.05) is 52.2 Å². The predicted molar refractivity (Wildman–Crippen MR) is 139 cm³/mol. The molecule has 0 aliphatic rings. The van der Waals surface area contributed by atoms with Gasteiger partial charge in [0.15, 0.2) is 0 Å². The number of rotatable bonds is 8. The van der Waals surface area contributed by atoms with E-state index in [4.69, 9.17) is 9.47 Å². The molecule has 0 aromatic heterocycles. The summed E-state index contributed by atoms with van der Waals surface area (Å²) in [4.78, 5) is 4.18. The van der Waals surface area contributed by atoms with Crippen LogP contribution in [0.1, 0.15) is 22.3 Å². The van der Waals surface area contributed by atoms with Crippen LogP contribution < -0.4 is 19.3 Å². The van der Waals surface area contributed by atoms with E-state index < -0.39 is 0 Å². The van der Waals surface area contributed by atoms with Gasteiger partial charge in [-0.05, 0) is 47.5 Å². The summed E-state index contributed by atoms with van der Waals surface area (Å²) in [5, 5.41) is 0. The number of ether oxygens (including phenoxy) is 2. The summed E-state index contributed by atoms with van der Waals surface area (Å²) < 4.78 is 11.3. The second-order valence-corrected chi connectivity index (χ2v) is 7.97. The number of anilines is 2. The van der Waals surface area contributed by atoms with Gasteiger partial charge in [-0.15, -0.1) is 0 Å². The maximum atomic E-state index is 5.67. The fraction of sp³-hybridized carbons (Fsp3) is 0.214. The lowest BCUT2D eigenvalue weighted by Crippen LogP contribution is -2.07. The Labute approximate surface area is 192 Å². The van der Waals surface area contributed by atoms with Crippen LogP contribution in [0.15, 0.2) is 60.7 Å². The molecule has 166 valence electrons. The van der Waals surface area contributed by atoms with Crippen LogP contribution in [0.25, 0.3) is 24.3 Å². The summed E-state index contributed by atoms with van der Waals surface area (Å²) in [6.45, 7) is 0. The van der Waals surface area contributed by atoms with Crippen LogP contribution in [0.3, 0.4) is 0 Å². The summed E-state index contributed by atoms with van der Waals surface area (Å²) in [5.74, 6) is 1.60. The minimum Gasteiger partial charge on any atom is -0.496 e. The first kappa shape index (κ1) is 23.0. The molecule has 0 bridgehead atoms. The summed E-state index contributed by atoms with van der Waals surface area (Å²) in [6.07, 6.45) is 8.27. The minimum absolute atomic E-state index is 0.801. The van der Waals surface area contributed by atoms with Crippen LogP contribution in [0, 0.1) is 0 Å². The highest BCUT2D eigenvalue weighted by molar-refractivity contribution is 5.79. The number of hydrogen-bond donors (Lipinski definition) is 0. The van der Waals surface area contributed by atoms with E-state index in [1.165, 1.54) is 11.4 Å². The van der Waals surface area contributed by atoms with Crippen molar-refractivity contribution in [1.82, 2.24) is 0 Å². The van der Waals surface area contributed by atoms with Crippen LogP contribution in [-0.4, -0.2) is 42.4 Å². The van der Waals surface area contributed by atoms with Crippen molar-refractivity contribution in [3.8, 4) is 11.5 Å². The molecule has 0 aliphatic heterocycles. The maximum absolute atomic E-state index is 5.67. The van der Waals surface area contributed by atoms with Gasteiger partial charge in [-0.2, -0.15) is 0 Å². The molecule has 3 rings (SSSR count). The quantitative estimate of drug-likeness (QED) is 0.400. The lowest BCUT2D eigenvalue weighted by Gasteiger charge is -2.13. The lowest BCUT2D eigenvalue weighted by atomic mass is 10.0. The topological polar surface area (TPSA) is 24.9 Å². The fourth-order valence-electron chi connectivity index (χ4n) is 3.34. The first-order valence-electron chi connectivity index (χ1n) is 10.6. The van der Waals surface area contributed by atoms with Gasteiger partial charge >= 0.3 is 0 Å². The average Bonchev–Trinajstić information content (AvgIpc) is 2.81. The summed E-state index contributed by atoms with van der Waals surface area (Å²) in [7, 11) is 11.5. The second-order valence-electron chi connectivity index (χ2n) is 7.97. The molecule has 0 fully saturated rings. The summed E-state index contributed by atoms with van der Waals surface area (Å²) in [5.41, 5.74) is 6.54. The molecule has 4 nitrogen and oxygen atoms in total. The van der Waals surface area contributed by atoms with Gasteiger partial charge in [-0.3, -0.25) is 0 Å². The summed E-state index contributed by atoms with van der Waals surface area (Å²) in [6, 6.07) is 20.9. The number of nitrogens with zero attached hydrogens (tertiary/aromatic N) is 2. The molecule has 0 saturated heterocycles. The molecule has 0 radical (unpaired) electrons. The van der Waals surface area contributed by atoms with Gasteiger partial charge in [0.05, 0.1) is 14.2 Å². The van der Waals surface area contributed by atoms with Crippen LogP contribution >= 0.6 is 0 Å². The van der Waals surface area contributed by atoms with Gasteiger partial charge in [-0.1, -0.05) is 48.6 Å². The molecule has 0 amide bonds. The van der Waals surface area contributed by atoms with E-state index in [2.05, 4.69) is 82.6 Å². The first-order chi connectivity index (χ1) is 15.4. The van der Waals surface area contributed by atoms with E-state index >= 15 is 0 Å². The molecule has 3 aromatic carbocycles. The van der Waals surface area contributed by atoms with Crippen LogP contribution in [-0.2, 0) is 0 Å². The zero-order valence-electron chi connectivity index (χ0n) is 19.8. The molecule has 4 heteroatoms. The van der Waals surface area contributed by atoms with Crippen molar-refractivity contribution in [3.05, 3.63) is 82.9 Å². The number of methoxy groups -OCH3 is 2. The van der Waals surface area contributed by atoms with E-state index in [0.717, 1.165) is 33.8 Å². The Morgan fingerprint density at radius 2 is 0.875 bits per heavy atom. The SMILES string of the molecule is COc1cc(/C=C/c2ccc(N(C)C)cc2)c(OC)cc1/C=C/c1ccc(N(C)C)cc1.